The number of thioether (sulfide) groups is 1. The minimum absolute atomic E-state index is 0.0541. The van der Waals surface area contributed by atoms with Gasteiger partial charge in [0.1, 0.15) is 12.1 Å². The Kier molecular flexibility index (Phi) is 5.69. The molecule has 0 fully saturated rings. The monoisotopic (exact) mass is 398 g/mol. The summed E-state index contributed by atoms with van der Waals surface area (Å²) in [5, 5.41) is 8.31. The predicted octanol–water partition coefficient (Wildman–Crippen LogP) is 3.79. The maximum atomic E-state index is 13.0. The molecule has 2 heterocycles. The molecule has 0 radical (unpaired) electrons. The van der Waals surface area contributed by atoms with Gasteiger partial charge in [0.15, 0.2) is 16.7 Å². The highest BCUT2D eigenvalue weighted by Gasteiger charge is 2.26. The van der Waals surface area contributed by atoms with Crippen molar-refractivity contribution in [3.05, 3.63) is 53.1 Å². The van der Waals surface area contributed by atoms with Gasteiger partial charge in [-0.3, -0.25) is 14.2 Å². The van der Waals surface area contributed by atoms with Gasteiger partial charge in [0, 0.05) is 11.3 Å². The lowest BCUT2D eigenvalue weighted by atomic mass is 10.0. The predicted molar refractivity (Wildman–Crippen MR) is 108 cm³/mol. The minimum atomic E-state index is -0.422. The molecule has 0 saturated carbocycles. The zero-order chi connectivity index (χ0) is 20.4. The molecule has 0 aliphatic carbocycles. The normalized spacial score (nSPS) is 12.0. The van der Waals surface area contributed by atoms with Crippen LogP contribution in [0.1, 0.15) is 46.0 Å². The van der Waals surface area contributed by atoms with E-state index in [4.69, 9.17) is 4.74 Å². The summed E-state index contributed by atoms with van der Waals surface area (Å²) in [6, 6.07) is 7.53. The molecule has 0 aliphatic rings. The highest BCUT2D eigenvalue weighted by molar-refractivity contribution is 8.00. The van der Waals surface area contributed by atoms with E-state index < -0.39 is 5.25 Å². The van der Waals surface area contributed by atoms with Gasteiger partial charge >= 0.3 is 0 Å². The Bertz CT molecular complexity index is 1040. The molecule has 1 N–H and O–H groups in total. The van der Waals surface area contributed by atoms with E-state index in [2.05, 4.69) is 15.2 Å². The third kappa shape index (κ3) is 3.60. The van der Waals surface area contributed by atoms with Gasteiger partial charge in [0.05, 0.1) is 23.7 Å². The van der Waals surface area contributed by atoms with Gasteiger partial charge in [0.2, 0.25) is 0 Å². The number of carbonyl (C=O) groups is 2. The largest absolute Gasteiger partial charge is 0.495 e. The summed E-state index contributed by atoms with van der Waals surface area (Å²) < 4.78 is 7.20. The molecule has 3 aromatic rings. The maximum absolute atomic E-state index is 13.0. The van der Waals surface area contributed by atoms with E-state index in [1.807, 2.05) is 31.2 Å². The lowest BCUT2D eigenvalue weighted by Crippen LogP contribution is -2.16. The van der Waals surface area contributed by atoms with Gasteiger partial charge in [0.25, 0.3) is 0 Å². The first kappa shape index (κ1) is 19.9. The number of aromatic nitrogens is 4. The van der Waals surface area contributed by atoms with Crippen molar-refractivity contribution in [2.45, 2.75) is 38.1 Å². The van der Waals surface area contributed by atoms with Gasteiger partial charge < -0.3 is 9.72 Å². The summed E-state index contributed by atoms with van der Waals surface area (Å²) in [6.45, 7) is 6.92. The molecule has 3 rings (SSSR count). The van der Waals surface area contributed by atoms with Crippen LogP contribution in [0.15, 0.2) is 35.7 Å². The van der Waals surface area contributed by atoms with Crippen molar-refractivity contribution < 1.29 is 14.3 Å². The molecule has 146 valence electrons. The van der Waals surface area contributed by atoms with Crippen LogP contribution in [0, 0.1) is 13.8 Å². The van der Waals surface area contributed by atoms with E-state index in [1.54, 1.807) is 31.9 Å². The van der Waals surface area contributed by atoms with E-state index in [0.29, 0.717) is 33.4 Å². The Hall–Kier alpha value is -2.87. The number of hydrogen-bond donors (Lipinski definition) is 1. The molecule has 0 saturated heterocycles. The summed E-state index contributed by atoms with van der Waals surface area (Å²) >= 11 is 1.31. The zero-order valence-electron chi connectivity index (χ0n) is 16.4. The number of nitrogens with one attached hydrogen (secondary N) is 1. The zero-order valence-corrected chi connectivity index (χ0v) is 17.3. The van der Waals surface area contributed by atoms with Gasteiger partial charge in [-0.15, -0.1) is 10.2 Å². The van der Waals surface area contributed by atoms with Crippen molar-refractivity contribution >= 4 is 23.3 Å². The molecule has 0 unspecified atom stereocenters. The van der Waals surface area contributed by atoms with E-state index in [9.17, 15) is 9.59 Å². The van der Waals surface area contributed by atoms with Gasteiger partial charge in [-0.05, 0) is 45.4 Å². The quantitative estimate of drug-likeness (QED) is 0.481. The maximum Gasteiger partial charge on any atom is 0.196 e. The SMILES string of the molecule is COc1ccccc1-n1cnnc1S[C@@H](C)C(=O)c1[nH]c(C)c(C(C)=O)c1C. The van der Waals surface area contributed by atoms with E-state index in [0.717, 1.165) is 5.69 Å². The smallest absolute Gasteiger partial charge is 0.196 e. The van der Waals surface area contributed by atoms with E-state index in [1.165, 1.54) is 18.7 Å². The topological polar surface area (TPSA) is 89.9 Å². The van der Waals surface area contributed by atoms with E-state index >= 15 is 0 Å². The number of nitrogens with zero attached hydrogens (tertiary/aromatic N) is 3. The van der Waals surface area contributed by atoms with Gasteiger partial charge in [-0.25, -0.2) is 0 Å². The molecule has 7 nitrogen and oxygen atoms in total. The van der Waals surface area contributed by atoms with Crippen molar-refractivity contribution in [3.63, 3.8) is 0 Å². The molecule has 2 aromatic heterocycles. The summed E-state index contributed by atoms with van der Waals surface area (Å²) in [5.74, 6) is 0.541. The van der Waals surface area contributed by atoms with Crippen LogP contribution in [0.2, 0.25) is 0 Å². The van der Waals surface area contributed by atoms with E-state index in [-0.39, 0.29) is 11.6 Å². The third-order valence-corrected chi connectivity index (χ3v) is 5.61. The van der Waals surface area contributed by atoms with Crippen LogP contribution >= 0.6 is 11.8 Å². The molecule has 0 aliphatic heterocycles. The Labute approximate surface area is 167 Å². The number of para-hydroxylation sites is 2. The molecule has 0 amide bonds. The molecule has 8 heteroatoms. The Morgan fingerprint density at radius 2 is 1.96 bits per heavy atom. The Morgan fingerprint density at radius 1 is 1.25 bits per heavy atom. The third-order valence-electron chi connectivity index (χ3n) is 4.55. The van der Waals surface area contributed by atoms with Crippen molar-refractivity contribution in [3.8, 4) is 11.4 Å². The summed E-state index contributed by atoms with van der Waals surface area (Å²) in [5.41, 5.74) is 3.24. The van der Waals surface area contributed by atoms with Crippen molar-refractivity contribution in [1.29, 1.82) is 0 Å². The Morgan fingerprint density at radius 3 is 2.61 bits per heavy atom. The standard InChI is InChI=1S/C20H22N4O3S/c1-11-17(13(3)25)12(2)22-18(11)19(26)14(4)28-20-23-21-10-24(20)15-8-6-7-9-16(15)27-5/h6-10,14,22H,1-5H3/t14-/m0/s1. The van der Waals surface area contributed by atoms with Crippen LogP contribution in [-0.2, 0) is 0 Å². The first-order valence-electron chi connectivity index (χ1n) is 8.79. The number of carbonyl (C=O) groups excluding carboxylic acids is 2. The fourth-order valence-electron chi connectivity index (χ4n) is 3.24. The minimum Gasteiger partial charge on any atom is -0.495 e. The number of hydrogen-bond acceptors (Lipinski definition) is 6. The first-order valence-corrected chi connectivity index (χ1v) is 9.67. The lowest BCUT2D eigenvalue weighted by molar-refractivity contribution is 0.0988. The number of aromatic amines is 1. The second-order valence-electron chi connectivity index (χ2n) is 6.46. The summed E-state index contributed by atoms with van der Waals surface area (Å²) in [4.78, 5) is 27.9. The van der Waals surface area contributed by atoms with Crippen LogP contribution in [0.3, 0.4) is 0 Å². The fraction of sp³-hybridized carbons (Fsp3) is 0.300. The lowest BCUT2D eigenvalue weighted by Gasteiger charge is -2.13. The van der Waals surface area contributed by atoms with Crippen molar-refractivity contribution in [1.82, 2.24) is 19.7 Å². The number of H-pyrrole nitrogens is 1. The molecule has 1 atom stereocenters. The van der Waals surface area contributed by atoms with Crippen LogP contribution in [0.4, 0.5) is 0 Å². The fourth-order valence-corrected chi connectivity index (χ4v) is 4.13. The van der Waals surface area contributed by atoms with Crippen LogP contribution in [0.5, 0.6) is 5.75 Å². The average Bonchev–Trinajstić information content (AvgIpc) is 3.24. The molecule has 28 heavy (non-hydrogen) atoms. The molecule has 0 bridgehead atoms. The molecule has 0 spiro atoms. The number of ketones is 2. The van der Waals surface area contributed by atoms with Gasteiger partial charge in [-0.1, -0.05) is 23.9 Å². The number of ether oxygens (including phenoxy) is 1. The average molecular weight is 398 g/mol. The number of aryl methyl sites for hydroxylation is 1. The number of rotatable bonds is 7. The highest BCUT2D eigenvalue weighted by Crippen LogP contribution is 2.30. The molecular formula is C20H22N4O3S. The Balaban J connectivity index is 1.88. The number of benzene rings is 1. The van der Waals surface area contributed by atoms with Crippen molar-refractivity contribution in [2.24, 2.45) is 0 Å². The van der Waals surface area contributed by atoms with Crippen LogP contribution in [0.25, 0.3) is 5.69 Å². The second kappa shape index (κ2) is 8.02. The summed E-state index contributed by atoms with van der Waals surface area (Å²) in [6.07, 6.45) is 1.59. The first-order chi connectivity index (χ1) is 13.3. The van der Waals surface area contributed by atoms with Crippen LogP contribution in [-0.4, -0.2) is 43.7 Å². The van der Waals surface area contributed by atoms with Crippen LogP contribution < -0.4 is 4.74 Å². The summed E-state index contributed by atoms with van der Waals surface area (Å²) in [7, 11) is 1.60. The molecular weight excluding hydrogens is 376 g/mol. The second-order valence-corrected chi connectivity index (χ2v) is 7.77. The van der Waals surface area contributed by atoms with Crippen molar-refractivity contribution in [2.75, 3.05) is 7.11 Å². The van der Waals surface area contributed by atoms with Gasteiger partial charge in [-0.2, -0.15) is 0 Å². The number of methoxy groups -OCH3 is 1. The highest BCUT2D eigenvalue weighted by atomic mass is 32.2. The molecule has 1 aromatic carbocycles. The number of Topliss-reactive ketones (excluding diaryl/α,β-unsaturated/α-hetero) is 2.